The number of piperidine rings is 1. The van der Waals surface area contributed by atoms with Gasteiger partial charge in [-0.1, -0.05) is 40.0 Å². The van der Waals surface area contributed by atoms with Crippen LogP contribution < -0.4 is 0 Å². The molecule has 0 radical (unpaired) electrons. The lowest BCUT2D eigenvalue weighted by Gasteiger charge is -2.38. The second kappa shape index (κ2) is 11.1. The molecule has 1 saturated heterocycles. The highest BCUT2D eigenvalue weighted by atomic mass is 16.2. The van der Waals surface area contributed by atoms with Gasteiger partial charge in [-0.15, -0.1) is 0 Å². The summed E-state index contributed by atoms with van der Waals surface area (Å²) >= 11 is 0. The van der Waals surface area contributed by atoms with E-state index >= 15 is 0 Å². The fourth-order valence-electron chi connectivity index (χ4n) is 3.17. The van der Waals surface area contributed by atoms with Crippen molar-refractivity contribution in [1.82, 2.24) is 9.80 Å². The van der Waals surface area contributed by atoms with E-state index in [-0.39, 0.29) is 0 Å². The summed E-state index contributed by atoms with van der Waals surface area (Å²) in [6.45, 7) is 11.1. The van der Waals surface area contributed by atoms with E-state index in [1.54, 1.807) is 0 Å². The Labute approximate surface area is 132 Å². The molecule has 0 aromatic carbocycles. The van der Waals surface area contributed by atoms with Crippen LogP contribution >= 0.6 is 0 Å². The molecule has 0 saturated carbocycles. The monoisotopic (exact) mass is 296 g/mol. The van der Waals surface area contributed by atoms with Crippen molar-refractivity contribution < 1.29 is 4.79 Å². The highest BCUT2D eigenvalue weighted by Gasteiger charge is 2.25. The summed E-state index contributed by atoms with van der Waals surface area (Å²) in [7, 11) is 0. The largest absolute Gasteiger partial charge is 0.343 e. The van der Waals surface area contributed by atoms with Gasteiger partial charge in [-0.2, -0.15) is 0 Å². The fraction of sp³-hybridized carbons (Fsp3) is 0.944. The summed E-state index contributed by atoms with van der Waals surface area (Å²) in [5.74, 6) is 0.379. The molecule has 0 spiro atoms. The first-order chi connectivity index (χ1) is 10.2. The van der Waals surface area contributed by atoms with Gasteiger partial charge in [0.1, 0.15) is 0 Å². The molecule has 0 unspecified atom stereocenters. The minimum Gasteiger partial charge on any atom is -0.343 e. The van der Waals surface area contributed by atoms with E-state index < -0.39 is 0 Å². The smallest absolute Gasteiger partial charge is 0.222 e. The van der Waals surface area contributed by atoms with Gasteiger partial charge >= 0.3 is 0 Å². The second-order valence-corrected chi connectivity index (χ2v) is 6.46. The molecule has 0 atom stereocenters. The number of carbonyl (C=O) groups is 1. The van der Waals surface area contributed by atoms with Crippen molar-refractivity contribution in [2.75, 3.05) is 26.2 Å². The Balaban J connectivity index is 2.38. The highest BCUT2D eigenvalue weighted by molar-refractivity contribution is 5.76. The van der Waals surface area contributed by atoms with Gasteiger partial charge < -0.3 is 9.80 Å². The van der Waals surface area contributed by atoms with Crippen molar-refractivity contribution in [1.29, 1.82) is 0 Å². The van der Waals surface area contributed by atoms with Crippen molar-refractivity contribution >= 4 is 5.91 Å². The second-order valence-electron chi connectivity index (χ2n) is 6.46. The third kappa shape index (κ3) is 6.82. The van der Waals surface area contributed by atoms with Crippen LogP contribution in [0.5, 0.6) is 0 Å². The molecule has 0 aliphatic carbocycles. The fourth-order valence-corrected chi connectivity index (χ4v) is 3.17. The predicted molar refractivity (Wildman–Crippen MR) is 90.5 cm³/mol. The lowest BCUT2D eigenvalue weighted by Crippen LogP contribution is -2.47. The SMILES string of the molecule is CCCCC(=O)N1CCC(N(CCCC)CCCC)CC1. The average Bonchev–Trinajstić information content (AvgIpc) is 2.53. The molecular formula is C18H36N2O. The molecule has 3 nitrogen and oxygen atoms in total. The number of hydrogen-bond donors (Lipinski definition) is 0. The minimum atomic E-state index is 0.379. The van der Waals surface area contributed by atoms with Gasteiger partial charge in [0.2, 0.25) is 5.91 Å². The quantitative estimate of drug-likeness (QED) is 0.607. The van der Waals surface area contributed by atoms with E-state index in [1.165, 1.54) is 51.6 Å². The van der Waals surface area contributed by atoms with Gasteiger partial charge in [0, 0.05) is 25.6 Å². The van der Waals surface area contributed by atoms with Crippen molar-refractivity contribution in [3.05, 3.63) is 0 Å². The van der Waals surface area contributed by atoms with Crippen LogP contribution in [0.4, 0.5) is 0 Å². The summed E-state index contributed by atoms with van der Waals surface area (Å²) in [5, 5.41) is 0. The Bertz CT molecular complexity index is 264. The molecule has 1 aliphatic rings. The van der Waals surface area contributed by atoms with Gasteiger partial charge in [0.05, 0.1) is 0 Å². The molecule has 3 heteroatoms. The van der Waals surface area contributed by atoms with E-state index in [0.29, 0.717) is 11.9 Å². The Morgan fingerprint density at radius 2 is 1.48 bits per heavy atom. The molecule has 0 aromatic rings. The summed E-state index contributed by atoms with van der Waals surface area (Å²) in [6.07, 6.45) is 10.4. The molecule has 0 N–H and O–H groups in total. The molecule has 21 heavy (non-hydrogen) atoms. The first-order valence-corrected chi connectivity index (χ1v) is 9.24. The van der Waals surface area contributed by atoms with Gasteiger partial charge in [0.15, 0.2) is 0 Å². The van der Waals surface area contributed by atoms with Crippen LogP contribution in [0.1, 0.15) is 78.6 Å². The Kier molecular flexibility index (Phi) is 9.73. The average molecular weight is 296 g/mol. The molecule has 1 amide bonds. The molecule has 1 fully saturated rings. The normalized spacial score (nSPS) is 16.7. The van der Waals surface area contributed by atoms with Crippen LogP contribution in [0.25, 0.3) is 0 Å². The van der Waals surface area contributed by atoms with Crippen LogP contribution in [0.15, 0.2) is 0 Å². The maximum atomic E-state index is 12.1. The number of carbonyl (C=O) groups excluding carboxylic acids is 1. The summed E-state index contributed by atoms with van der Waals surface area (Å²) in [4.78, 5) is 16.9. The molecule has 1 rings (SSSR count). The number of rotatable bonds is 10. The van der Waals surface area contributed by atoms with Crippen LogP contribution in [-0.2, 0) is 4.79 Å². The minimum absolute atomic E-state index is 0.379. The van der Waals surface area contributed by atoms with Gasteiger partial charge in [-0.3, -0.25) is 4.79 Å². The first-order valence-electron chi connectivity index (χ1n) is 9.24. The van der Waals surface area contributed by atoms with E-state index in [4.69, 9.17) is 0 Å². The van der Waals surface area contributed by atoms with Gasteiger partial charge in [0.25, 0.3) is 0 Å². The van der Waals surface area contributed by atoms with E-state index in [2.05, 4.69) is 30.6 Å². The topological polar surface area (TPSA) is 23.6 Å². The predicted octanol–water partition coefficient (Wildman–Crippen LogP) is 4.07. The zero-order valence-electron chi connectivity index (χ0n) is 14.6. The third-order valence-corrected chi connectivity index (χ3v) is 4.68. The van der Waals surface area contributed by atoms with E-state index in [9.17, 15) is 4.79 Å². The lowest BCUT2D eigenvalue weighted by molar-refractivity contribution is -0.132. The third-order valence-electron chi connectivity index (χ3n) is 4.68. The summed E-state index contributed by atoms with van der Waals surface area (Å²) in [5.41, 5.74) is 0. The Hall–Kier alpha value is -0.570. The molecular weight excluding hydrogens is 260 g/mol. The van der Waals surface area contributed by atoms with E-state index in [0.717, 1.165) is 32.4 Å². The van der Waals surface area contributed by atoms with Crippen LogP contribution in [0.3, 0.4) is 0 Å². The van der Waals surface area contributed by atoms with Crippen LogP contribution in [0, 0.1) is 0 Å². The Morgan fingerprint density at radius 1 is 0.952 bits per heavy atom. The molecule has 0 aromatic heterocycles. The van der Waals surface area contributed by atoms with Crippen molar-refractivity contribution in [3.8, 4) is 0 Å². The number of likely N-dealkylation sites (tertiary alicyclic amines) is 1. The molecule has 1 heterocycles. The Morgan fingerprint density at radius 3 is 1.95 bits per heavy atom. The number of hydrogen-bond acceptors (Lipinski definition) is 2. The van der Waals surface area contributed by atoms with Gasteiger partial charge in [-0.05, 0) is 45.2 Å². The molecule has 124 valence electrons. The number of amides is 1. The van der Waals surface area contributed by atoms with Crippen LogP contribution in [0.2, 0.25) is 0 Å². The highest BCUT2D eigenvalue weighted by Crippen LogP contribution is 2.19. The maximum absolute atomic E-state index is 12.1. The standard InChI is InChI=1S/C18H36N2O/c1-4-7-10-18(21)20-15-11-17(12-16-20)19(13-8-5-2)14-9-6-3/h17H,4-16H2,1-3H3. The summed E-state index contributed by atoms with van der Waals surface area (Å²) < 4.78 is 0. The summed E-state index contributed by atoms with van der Waals surface area (Å²) in [6, 6.07) is 0.707. The van der Waals surface area contributed by atoms with Gasteiger partial charge in [-0.25, -0.2) is 0 Å². The zero-order chi connectivity index (χ0) is 15.5. The maximum Gasteiger partial charge on any atom is 0.222 e. The zero-order valence-corrected chi connectivity index (χ0v) is 14.6. The number of nitrogens with zero attached hydrogens (tertiary/aromatic N) is 2. The molecule has 0 bridgehead atoms. The van der Waals surface area contributed by atoms with Crippen molar-refractivity contribution in [3.63, 3.8) is 0 Å². The first kappa shape index (κ1) is 18.5. The van der Waals surface area contributed by atoms with Crippen molar-refractivity contribution in [2.24, 2.45) is 0 Å². The van der Waals surface area contributed by atoms with Crippen molar-refractivity contribution in [2.45, 2.75) is 84.6 Å². The number of unbranched alkanes of at least 4 members (excludes halogenated alkanes) is 3. The molecule has 1 aliphatic heterocycles. The van der Waals surface area contributed by atoms with Crippen LogP contribution in [-0.4, -0.2) is 47.9 Å². The van der Waals surface area contributed by atoms with E-state index in [1.807, 2.05) is 0 Å². The lowest BCUT2D eigenvalue weighted by atomic mass is 10.0.